The number of carbonyl (C=O) groups excluding carboxylic acids is 1. The summed E-state index contributed by atoms with van der Waals surface area (Å²) in [6.07, 6.45) is 3.46. The van der Waals surface area contributed by atoms with Crippen LogP contribution in [0.5, 0.6) is 11.5 Å². The van der Waals surface area contributed by atoms with E-state index in [2.05, 4.69) is 4.98 Å². The summed E-state index contributed by atoms with van der Waals surface area (Å²) in [6.45, 7) is 4.76. The molecule has 0 fully saturated rings. The molecule has 0 aliphatic rings. The van der Waals surface area contributed by atoms with Crippen LogP contribution in [0.1, 0.15) is 18.1 Å². The predicted molar refractivity (Wildman–Crippen MR) is 123 cm³/mol. The fourth-order valence-corrected chi connectivity index (χ4v) is 4.09. The molecule has 2 aromatic carbocycles. The number of para-hydroxylation sites is 1. The summed E-state index contributed by atoms with van der Waals surface area (Å²) in [7, 11) is 0. The number of nitrogens with zero attached hydrogens (tertiary/aromatic N) is 3. The van der Waals surface area contributed by atoms with Gasteiger partial charge in [-0.05, 0) is 49.7 Å². The van der Waals surface area contributed by atoms with E-state index in [0.29, 0.717) is 29.8 Å². The fourth-order valence-electron chi connectivity index (χ4n) is 3.09. The molecule has 158 valence electrons. The van der Waals surface area contributed by atoms with Crippen molar-refractivity contribution in [3.05, 3.63) is 78.1 Å². The average Bonchev–Trinajstić information content (AvgIpc) is 3.23. The molecule has 4 aromatic rings. The van der Waals surface area contributed by atoms with E-state index >= 15 is 0 Å². The minimum absolute atomic E-state index is 0.0857. The molecule has 0 N–H and O–H groups in total. The van der Waals surface area contributed by atoms with E-state index in [-0.39, 0.29) is 12.5 Å². The molecule has 0 bridgehead atoms. The number of carbonyl (C=O) groups is 1. The van der Waals surface area contributed by atoms with Crippen molar-refractivity contribution in [3.8, 4) is 11.5 Å². The number of fused-ring (bicyclic) bond motifs is 1. The number of aryl methyl sites for hydroxylation is 1. The molecule has 7 heteroatoms. The summed E-state index contributed by atoms with van der Waals surface area (Å²) in [5.74, 6) is 1.19. The summed E-state index contributed by atoms with van der Waals surface area (Å²) in [6, 6.07) is 17.2. The number of benzene rings is 2. The second-order valence-corrected chi connectivity index (χ2v) is 7.98. The van der Waals surface area contributed by atoms with E-state index in [9.17, 15) is 4.79 Å². The molecule has 2 aromatic heterocycles. The van der Waals surface area contributed by atoms with Crippen molar-refractivity contribution >= 4 is 32.6 Å². The lowest BCUT2D eigenvalue weighted by molar-refractivity contribution is -0.120. The molecule has 0 aliphatic carbocycles. The molecule has 31 heavy (non-hydrogen) atoms. The third-order valence-corrected chi connectivity index (χ3v) is 5.69. The van der Waals surface area contributed by atoms with Crippen LogP contribution in [0.3, 0.4) is 0 Å². The Labute approximate surface area is 185 Å². The molecule has 0 spiro atoms. The number of hydrogen-bond acceptors (Lipinski definition) is 6. The van der Waals surface area contributed by atoms with Crippen molar-refractivity contribution in [1.82, 2.24) is 9.97 Å². The van der Waals surface area contributed by atoms with Crippen LogP contribution >= 0.6 is 11.3 Å². The van der Waals surface area contributed by atoms with E-state index in [1.54, 1.807) is 17.3 Å². The van der Waals surface area contributed by atoms with Crippen molar-refractivity contribution in [2.45, 2.75) is 20.4 Å². The summed E-state index contributed by atoms with van der Waals surface area (Å²) in [5, 5.41) is 0.600. The zero-order valence-electron chi connectivity index (χ0n) is 17.4. The first-order chi connectivity index (χ1) is 15.1. The minimum atomic E-state index is -0.179. The van der Waals surface area contributed by atoms with Crippen LogP contribution in [0, 0.1) is 6.92 Å². The van der Waals surface area contributed by atoms with E-state index < -0.39 is 0 Å². The Morgan fingerprint density at radius 1 is 1.06 bits per heavy atom. The van der Waals surface area contributed by atoms with Gasteiger partial charge < -0.3 is 9.47 Å². The van der Waals surface area contributed by atoms with Crippen molar-refractivity contribution in [2.24, 2.45) is 0 Å². The van der Waals surface area contributed by atoms with Crippen LogP contribution in [0.2, 0.25) is 0 Å². The second-order valence-electron chi connectivity index (χ2n) is 6.98. The molecule has 2 heterocycles. The molecule has 4 rings (SSSR count). The molecule has 0 unspecified atom stereocenters. The van der Waals surface area contributed by atoms with Gasteiger partial charge in [0.25, 0.3) is 5.91 Å². The Kier molecular flexibility index (Phi) is 6.43. The van der Waals surface area contributed by atoms with Gasteiger partial charge in [0.2, 0.25) is 0 Å². The molecule has 0 saturated carbocycles. The summed E-state index contributed by atoms with van der Waals surface area (Å²) >= 11 is 1.45. The maximum absolute atomic E-state index is 13.2. The first kappa shape index (κ1) is 20.8. The first-order valence-electron chi connectivity index (χ1n) is 10.0. The molecule has 6 nitrogen and oxygen atoms in total. The van der Waals surface area contributed by atoms with E-state index in [4.69, 9.17) is 14.5 Å². The van der Waals surface area contributed by atoms with Gasteiger partial charge in [-0.25, -0.2) is 4.98 Å². The summed E-state index contributed by atoms with van der Waals surface area (Å²) in [5.41, 5.74) is 2.81. The lowest BCUT2D eigenvalue weighted by Crippen LogP contribution is -2.34. The van der Waals surface area contributed by atoms with E-state index in [0.717, 1.165) is 21.3 Å². The number of thiazole rings is 1. The Hall–Kier alpha value is -3.45. The van der Waals surface area contributed by atoms with Gasteiger partial charge in [0, 0.05) is 12.4 Å². The van der Waals surface area contributed by atoms with Gasteiger partial charge in [0.15, 0.2) is 11.7 Å². The largest absolute Gasteiger partial charge is 0.492 e. The van der Waals surface area contributed by atoms with Gasteiger partial charge >= 0.3 is 0 Å². The highest BCUT2D eigenvalue weighted by atomic mass is 32.1. The highest BCUT2D eigenvalue weighted by Crippen LogP contribution is 2.35. The zero-order chi connectivity index (χ0) is 21.6. The third-order valence-electron chi connectivity index (χ3n) is 4.65. The lowest BCUT2D eigenvalue weighted by Gasteiger charge is -2.20. The molecular formula is C24H23N3O3S. The Morgan fingerprint density at radius 2 is 1.90 bits per heavy atom. The fraction of sp³-hybridized carbons (Fsp3) is 0.208. The first-order valence-corrected chi connectivity index (χ1v) is 10.9. The third kappa shape index (κ3) is 5.00. The van der Waals surface area contributed by atoms with Crippen molar-refractivity contribution in [2.75, 3.05) is 18.1 Å². The number of hydrogen-bond donors (Lipinski definition) is 0. The molecule has 0 aliphatic heterocycles. The van der Waals surface area contributed by atoms with Crippen LogP contribution in [-0.4, -0.2) is 29.1 Å². The Balaban J connectivity index is 1.62. The van der Waals surface area contributed by atoms with Crippen molar-refractivity contribution in [1.29, 1.82) is 0 Å². The molecule has 0 saturated heterocycles. The van der Waals surface area contributed by atoms with Gasteiger partial charge in [-0.1, -0.05) is 41.2 Å². The average molecular weight is 434 g/mol. The van der Waals surface area contributed by atoms with Crippen LogP contribution < -0.4 is 14.4 Å². The summed E-state index contributed by atoms with van der Waals surface area (Å²) < 4.78 is 12.4. The predicted octanol–water partition coefficient (Wildman–Crippen LogP) is 5.01. The van der Waals surface area contributed by atoms with Crippen LogP contribution in [-0.2, 0) is 11.3 Å². The quantitative estimate of drug-likeness (QED) is 0.391. The zero-order valence-corrected chi connectivity index (χ0v) is 18.3. The van der Waals surface area contributed by atoms with Gasteiger partial charge in [-0.3, -0.25) is 14.7 Å². The van der Waals surface area contributed by atoms with E-state index in [1.165, 1.54) is 11.3 Å². The molecule has 0 atom stereocenters. The Bertz CT molecular complexity index is 1160. The highest BCUT2D eigenvalue weighted by Gasteiger charge is 2.22. The van der Waals surface area contributed by atoms with Gasteiger partial charge in [-0.15, -0.1) is 0 Å². The van der Waals surface area contributed by atoms with Crippen molar-refractivity contribution in [3.63, 3.8) is 0 Å². The molecule has 1 amide bonds. The lowest BCUT2D eigenvalue weighted by atomic mass is 10.2. The monoisotopic (exact) mass is 433 g/mol. The minimum Gasteiger partial charge on any atom is -0.492 e. The smallest absolute Gasteiger partial charge is 0.267 e. The maximum Gasteiger partial charge on any atom is 0.267 e. The Morgan fingerprint density at radius 3 is 2.65 bits per heavy atom. The second kappa shape index (κ2) is 9.57. The standard InChI is InChI=1S/C24H23N3O3S/c1-3-29-20-7-4-8-21-23(20)26-24(31-21)27(15-18-6-5-13-25-14-18)22(28)16-30-19-11-9-17(2)10-12-19/h4-14H,3,15-16H2,1-2H3. The number of ether oxygens (including phenoxy) is 2. The SMILES string of the molecule is CCOc1cccc2sc(N(Cc3cccnc3)C(=O)COc3ccc(C)cc3)nc12. The topological polar surface area (TPSA) is 64.5 Å². The number of anilines is 1. The molecular weight excluding hydrogens is 410 g/mol. The maximum atomic E-state index is 13.2. The van der Waals surface area contributed by atoms with Crippen LogP contribution in [0.25, 0.3) is 10.2 Å². The molecule has 0 radical (unpaired) electrons. The highest BCUT2D eigenvalue weighted by molar-refractivity contribution is 7.22. The van der Waals surface area contributed by atoms with E-state index in [1.807, 2.05) is 68.4 Å². The summed E-state index contributed by atoms with van der Waals surface area (Å²) in [4.78, 5) is 23.7. The van der Waals surface area contributed by atoms with Gasteiger partial charge in [0.1, 0.15) is 17.0 Å². The van der Waals surface area contributed by atoms with Gasteiger partial charge in [-0.2, -0.15) is 0 Å². The normalized spacial score (nSPS) is 10.8. The van der Waals surface area contributed by atoms with Crippen molar-refractivity contribution < 1.29 is 14.3 Å². The number of rotatable bonds is 8. The number of pyridine rings is 1. The van der Waals surface area contributed by atoms with Gasteiger partial charge in [0.05, 0.1) is 17.9 Å². The van der Waals surface area contributed by atoms with Crippen LogP contribution in [0.15, 0.2) is 67.0 Å². The van der Waals surface area contributed by atoms with Crippen LogP contribution in [0.4, 0.5) is 5.13 Å². The number of amides is 1. The number of aromatic nitrogens is 2.